The standard InChI is InChI=1S/C29H38N6O5S2/c1-3-22-6-5-7-25-26(22)31-28(41-25)33-16-14-32(15-17-33)13-12-30-27(36)23-8-10-24(11-9-23)42(38,39)35-20-18-34(19-21-35)29(37)40-4-2/h5-11H,3-4,12-21H2,1-2H3,(H,30,36). The zero-order valence-corrected chi connectivity index (χ0v) is 25.8. The Labute approximate surface area is 251 Å². The van der Waals surface area contributed by atoms with Gasteiger partial charge in [-0.1, -0.05) is 30.4 Å². The first-order chi connectivity index (χ1) is 20.3. The largest absolute Gasteiger partial charge is 0.450 e. The van der Waals surface area contributed by atoms with Gasteiger partial charge in [0.15, 0.2) is 5.13 Å². The van der Waals surface area contributed by atoms with E-state index in [-0.39, 0.29) is 43.6 Å². The molecule has 0 spiro atoms. The van der Waals surface area contributed by atoms with E-state index in [1.54, 1.807) is 18.3 Å². The van der Waals surface area contributed by atoms with Crippen molar-refractivity contribution in [2.45, 2.75) is 25.2 Å². The van der Waals surface area contributed by atoms with Gasteiger partial charge in [0.2, 0.25) is 10.0 Å². The number of sulfonamides is 1. The predicted octanol–water partition coefficient (Wildman–Crippen LogP) is 2.87. The number of para-hydroxylation sites is 1. The third kappa shape index (κ3) is 6.69. The molecule has 2 aliphatic rings. The van der Waals surface area contributed by atoms with Gasteiger partial charge >= 0.3 is 6.09 Å². The molecule has 3 aromatic rings. The molecule has 1 N–H and O–H groups in total. The summed E-state index contributed by atoms with van der Waals surface area (Å²) in [5, 5.41) is 4.03. The summed E-state index contributed by atoms with van der Waals surface area (Å²) >= 11 is 1.75. The number of carbonyl (C=O) groups excluding carboxylic acids is 2. The van der Waals surface area contributed by atoms with E-state index in [0.717, 1.165) is 49.8 Å². The van der Waals surface area contributed by atoms with Crippen LogP contribution in [0.4, 0.5) is 9.93 Å². The van der Waals surface area contributed by atoms with Crippen LogP contribution in [-0.2, 0) is 21.2 Å². The van der Waals surface area contributed by atoms with E-state index in [1.165, 1.54) is 43.7 Å². The second kappa shape index (κ2) is 13.4. The number of rotatable bonds is 9. The van der Waals surface area contributed by atoms with Crippen LogP contribution >= 0.6 is 11.3 Å². The van der Waals surface area contributed by atoms with Crippen molar-refractivity contribution in [3.8, 4) is 0 Å². The Balaban J connectivity index is 1.06. The van der Waals surface area contributed by atoms with E-state index in [4.69, 9.17) is 9.72 Å². The summed E-state index contributed by atoms with van der Waals surface area (Å²) in [4.78, 5) is 35.8. The number of aryl methyl sites for hydroxylation is 1. The van der Waals surface area contributed by atoms with Gasteiger partial charge in [-0.3, -0.25) is 9.69 Å². The zero-order chi connectivity index (χ0) is 29.7. The Bertz CT molecular complexity index is 1490. The average molecular weight is 615 g/mol. The van der Waals surface area contributed by atoms with Crippen LogP contribution in [0.3, 0.4) is 0 Å². The van der Waals surface area contributed by atoms with Gasteiger partial charge in [-0.15, -0.1) is 0 Å². The molecule has 42 heavy (non-hydrogen) atoms. The minimum atomic E-state index is -3.73. The maximum Gasteiger partial charge on any atom is 0.409 e. The molecule has 13 heteroatoms. The van der Waals surface area contributed by atoms with Crippen molar-refractivity contribution in [1.29, 1.82) is 0 Å². The molecule has 0 saturated carbocycles. The lowest BCUT2D eigenvalue weighted by Crippen LogP contribution is -2.50. The minimum Gasteiger partial charge on any atom is -0.450 e. The number of amides is 2. The van der Waals surface area contributed by atoms with Gasteiger partial charge in [0.05, 0.1) is 21.7 Å². The van der Waals surface area contributed by atoms with Gasteiger partial charge in [-0.05, 0) is 49.2 Å². The molecule has 0 aliphatic carbocycles. The Morgan fingerprint density at radius 1 is 0.952 bits per heavy atom. The quantitative estimate of drug-likeness (QED) is 0.392. The second-order valence-electron chi connectivity index (χ2n) is 10.3. The van der Waals surface area contributed by atoms with Crippen LogP contribution in [-0.4, -0.2) is 112 Å². The van der Waals surface area contributed by atoms with Gasteiger partial charge in [0, 0.05) is 71.0 Å². The molecule has 2 aliphatic heterocycles. The van der Waals surface area contributed by atoms with Gasteiger partial charge < -0.3 is 19.9 Å². The van der Waals surface area contributed by atoms with E-state index in [9.17, 15) is 18.0 Å². The van der Waals surface area contributed by atoms with Gasteiger partial charge in [-0.2, -0.15) is 4.31 Å². The summed E-state index contributed by atoms with van der Waals surface area (Å²) in [6.45, 7) is 9.92. The summed E-state index contributed by atoms with van der Waals surface area (Å²) in [6.07, 6.45) is 0.544. The highest BCUT2D eigenvalue weighted by Crippen LogP contribution is 2.31. The summed E-state index contributed by atoms with van der Waals surface area (Å²) in [7, 11) is -3.73. The van der Waals surface area contributed by atoms with E-state index >= 15 is 0 Å². The monoisotopic (exact) mass is 614 g/mol. The average Bonchev–Trinajstić information content (AvgIpc) is 3.46. The topological polar surface area (TPSA) is 115 Å². The molecule has 2 fully saturated rings. The van der Waals surface area contributed by atoms with E-state index in [1.807, 2.05) is 0 Å². The number of aromatic nitrogens is 1. The van der Waals surface area contributed by atoms with Crippen LogP contribution < -0.4 is 10.2 Å². The molecule has 2 amide bonds. The number of thiazole rings is 1. The molecule has 2 aromatic carbocycles. The van der Waals surface area contributed by atoms with Crippen LogP contribution in [0.25, 0.3) is 10.2 Å². The number of nitrogens with one attached hydrogen (secondary N) is 1. The number of fused-ring (bicyclic) bond motifs is 1. The first kappa shape index (κ1) is 30.2. The smallest absolute Gasteiger partial charge is 0.409 e. The number of anilines is 1. The number of ether oxygens (including phenoxy) is 1. The number of nitrogens with zero attached hydrogens (tertiary/aromatic N) is 5. The Morgan fingerprint density at radius 3 is 2.33 bits per heavy atom. The fraction of sp³-hybridized carbons (Fsp3) is 0.483. The van der Waals surface area contributed by atoms with Crippen LogP contribution in [0.5, 0.6) is 0 Å². The summed E-state index contributed by atoms with van der Waals surface area (Å²) in [5.74, 6) is -0.234. The highest BCUT2D eigenvalue weighted by atomic mass is 32.2. The lowest BCUT2D eigenvalue weighted by atomic mass is 10.1. The highest BCUT2D eigenvalue weighted by Gasteiger charge is 2.30. The lowest BCUT2D eigenvalue weighted by molar-refractivity contribution is 0.0932. The second-order valence-corrected chi connectivity index (χ2v) is 13.3. The van der Waals surface area contributed by atoms with Crippen LogP contribution in [0, 0.1) is 0 Å². The number of piperazine rings is 2. The van der Waals surface area contributed by atoms with Gasteiger partial charge in [0.1, 0.15) is 0 Å². The maximum absolute atomic E-state index is 13.1. The zero-order valence-electron chi connectivity index (χ0n) is 24.1. The van der Waals surface area contributed by atoms with Crippen molar-refractivity contribution in [1.82, 2.24) is 24.4 Å². The third-order valence-electron chi connectivity index (χ3n) is 7.75. The maximum atomic E-state index is 13.1. The van der Waals surface area contributed by atoms with Crippen LogP contribution in [0.2, 0.25) is 0 Å². The van der Waals surface area contributed by atoms with Crippen molar-refractivity contribution in [2.24, 2.45) is 0 Å². The SMILES string of the molecule is CCOC(=O)N1CCN(S(=O)(=O)c2ccc(C(=O)NCCN3CCN(c4nc5c(CC)cccc5s4)CC3)cc2)CC1. The van der Waals surface area contributed by atoms with Crippen molar-refractivity contribution in [3.63, 3.8) is 0 Å². The molecule has 5 rings (SSSR count). The first-order valence-corrected chi connectivity index (χ1v) is 16.7. The minimum absolute atomic E-state index is 0.126. The van der Waals surface area contributed by atoms with Crippen LogP contribution in [0.15, 0.2) is 47.4 Å². The lowest BCUT2D eigenvalue weighted by Gasteiger charge is -2.34. The summed E-state index contributed by atoms with van der Waals surface area (Å²) in [5.41, 5.74) is 2.81. The molecule has 0 radical (unpaired) electrons. The van der Waals surface area contributed by atoms with Crippen molar-refractivity contribution in [2.75, 3.05) is 77.0 Å². The molecule has 3 heterocycles. The Hall–Kier alpha value is -3.26. The molecule has 0 unspecified atom stereocenters. The fourth-order valence-electron chi connectivity index (χ4n) is 5.26. The summed E-state index contributed by atoms with van der Waals surface area (Å²) < 4.78 is 33.8. The summed E-state index contributed by atoms with van der Waals surface area (Å²) in [6, 6.07) is 12.4. The van der Waals surface area contributed by atoms with Gasteiger partial charge in [-0.25, -0.2) is 18.2 Å². The van der Waals surface area contributed by atoms with Crippen molar-refractivity contribution >= 4 is 48.7 Å². The normalized spacial score (nSPS) is 17.0. The number of carbonyl (C=O) groups is 2. The predicted molar refractivity (Wildman–Crippen MR) is 164 cm³/mol. The van der Waals surface area contributed by atoms with Crippen molar-refractivity contribution in [3.05, 3.63) is 53.6 Å². The van der Waals surface area contributed by atoms with E-state index < -0.39 is 16.1 Å². The molecular formula is C29H38N6O5S2. The molecule has 226 valence electrons. The van der Waals surface area contributed by atoms with Crippen LogP contribution in [0.1, 0.15) is 29.8 Å². The van der Waals surface area contributed by atoms with Gasteiger partial charge in [0.25, 0.3) is 5.91 Å². The first-order valence-electron chi connectivity index (χ1n) is 14.5. The molecule has 2 saturated heterocycles. The molecule has 0 bridgehead atoms. The van der Waals surface area contributed by atoms with E-state index in [2.05, 4.69) is 40.2 Å². The van der Waals surface area contributed by atoms with Crippen molar-refractivity contribution < 1.29 is 22.7 Å². The Kier molecular flexibility index (Phi) is 9.61. The number of benzene rings is 2. The molecule has 11 nitrogen and oxygen atoms in total. The molecule has 1 aromatic heterocycles. The highest BCUT2D eigenvalue weighted by molar-refractivity contribution is 7.89. The number of hydrogen-bond acceptors (Lipinski definition) is 9. The van der Waals surface area contributed by atoms with E-state index in [0.29, 0.717) is 12.1 Å². The fourth-order valence-corrected chi connectivity index (χ4v) is 7.75. The number of hydrogen-bond donors (Lipinski definition) is 1. The molecule has 0 atom stereocenters. The third-order valence-corrected chi connectivity index (χ3v) is 10.7. The molecular weight excluding hydrogens is 576 g/mol. The Morgan fingerprint density at radius 2 is 1.67 bits per heavy atom.